The molecule has 1 heterocycles. The Hall–Kier alpha value is -2.76. The molecule has 0 saturated heterocycles. The van der Waals surface area contributed by atoms with E-state index in [-0.39, 0.29) is 36.9 Å². The highest BCUT2D eigenvalue weighted by atomic mass is 35.5. The number of benzene rings is 2. The Morgan fingerprint density at radius 1 is 0.677 bits per heavy atom. The maximum absolute atomic E-state index is 6.04. The van der Waals surface area contributed by atoms with Crippen LogP contribution in [0.2, 0.25) is 0 Å². The van der Waals surface area contributed by atoms with Crippen molar-refractivity contribution < 1.29 is 4.42 Å². The lowest BCUT2D eigenvalue weighted by Gasteiger charge is -2.05. The van der Waals surface area contributed by atoms with E-state index in [4.69, 9.17) is 15.9 Å². The normalized spacial score (nSPS) is 11.9. The molecule has 0 bridgehead atoms. The van der Waals surface area contributed by atoms with Gasteiger partial charge in [0.25, 0.3) is 0 Å². The molecule has 0 fully saturated rings. The van der Waals surface area contributed by atoms with Crippen molar-refractivity contribution in [2.75, 3.05) is 0 Å². The van der Waals surface area contributed by atoms with Gasteiger partial charge >= 0.3 is 0 Å². The quantitative estimate of drug-likeness (QED) is 0.365. The van der Waals surface area contributed by atoms with Crippen LogP contribution >= 0.6 is 24.8 Å². The first kappa shape index (κ1) is 26.3. The molecule has 0 aliphatic rings. The first-order valence-corrected chi connectivity index (χ1v) is 9.80. The Morgan fingerprint density at radius 2 is 1.10 bits per heavy atom. The summed E-state index contributed by atoms with van der Waals surface area (Å²) < 4.78 is 5.79. The van der Waals surface area contributed by atoms with Crippen molar-refractivity contribution in [2.24, 2.45) is 21.5 Å². The maximum atomic E-state index is 6.04. The average molecular weight is 461 g/mol. The monoisotopic (exact) mass is 460 g/mol. The Balaban J connectivity index is 0.00000240. The summed E-state index contributed by atoms with van der Waals surface area (Å²) in [6.07, 6.45) is 1.76. The van der Waals surface area contributed by atoms with Crippen LogP contribution in [0.4, 0.5) is 0 Å². The lowest BCUT2D eigenvalue weighted by molar-refractivity contribution is 0.583. The second-order valence-corrected chi connectivity index (χ2v) is 7.57. The summed E-state index contributed by atoms with van der Waals surface area (Å²) in [5.41, 5.74) is 17.0. The zero-order chi connectivity index (χ0) is 21.0. The van der Waals surface area contributed by atoms with Gasteiger partial charge in [0, 0.05) is 34.3 Å². The molecule has 4 N–H and O–H groups in total. The van der Waals surface area contributed by atoms with Crippen molar-refractivity contribution >= 4 is 36.5 Å². The first-order chi connectivity index (χ1) is 13.8. The third kappa shape index (κ3) is 6.88. The van der Waals surface area contributed by atoms with Gasteiger partial charge in [-0.05, 0) is 39.3 Å². The van der Waals surface area contributed by atoms with Gasteiger partial charge in [-0.25, -0.2) is 0 Å². The summed E-state index contributed by atoms with van der Waals surface area (Å²) in [7, 11) is 0. The van der Waals surface area contributed by atoms with Gasteiger partial charge in [0.2, 0.25) is 0 Å². The third-order valence-corrected chi connectivity index (χ3v) is 4.37. The molecule has 5 nitrogen and oxygen atoms in total. The predicted molar refractivity (Wildman–Crippen MR) is 136 cm³/mol. The number of hydrogen-bond acceptors (Lipinski definition) is 3. The topological polar surface area (TPSA) is 89.9 Å². The summed E-state index contributed by atoms with van der Waals surface area (Å²) >= 11 is 0. The van der Waals surface area contributed by atoms with Gasteiger partial charge < -0.3 is 15.9 Å². The van der Waals surface area contributed by atoms with Crippen LogP contribution in [0, 0.1) is 0 Å². The standard InChI is InChI=1S/C24H28N4O.2ClH/c1-15(2)27-23(25)19-9-5-17(6-10-19)21-13-22(29-14-21)18-7-11-20(12-8-18)24(26)28-16(3)4;;/h5-16H,1-4H3,(H2,25,27)(H2,26,28);2*1H. The Kier molecular flexibility index (Phi) is 9.82. The Morgan fingerprint density at radius 3 is 1.52 bits per heavy atom. The third-order valence-electron chi connectivity index (χ3n) is 4.37. The highest BCUT2D eigenvalue weighted by Crippen LogP contribution is 2.29. The largest absolute Gasteiger partial charge is 0.464 e. The smallest absolute Gasteiger partial charge is 0.134 e. The molecule has 3 rings (SSSR count). The molecule has 0 radical (unpaired) electrons. The zero-order valence-corrected chi connectivity index (χ0v) is 19.8. The predicted octanol–water partition coefficient (Wildman–Crippen LogP) is 5.68. The molecule has 3 aromatic rings. The number of aliphatic imine (C=N–C) groups is 2. The molecule has 0 aliphatic carbocycles. The van der Waals surface area contributed by atoms with Crippen LogP contribution in [0.5, 0.6) is 0 Å². The lowest BCUT2D eigenvalue weighted by atomic mass is 10.0. The van der Waals surface area contributed by atoms with E-state index in [0.717, 1.165) is 33.6 Å². The fourth-order valence-corrected chi connectivity index (χ4v) is 2.98. The van der Waals surface area contributed by atoms with Gasteiger partial charge in [-0.2, -0.15) is 0 Å². The van der Waals surface area contributed by atoms with Gasteiger partial charge in [0.05, 0.1) is 6.26 Å². The molecular formula is C24H30Cl2N4O. The van der Waals surface area contributed by atoms with Crippen LogP contribution in [0.15, 0.2) is 75.3 Å². The van der Waals surface area contributed by atoms with E-state index in [9.17, 15) is 0 Å². The molecule has 0 aliphatic heterocycles. The van der Waals surface area contributed by atoms with Crippen molar-refractivity contribution in [3.05, 3.63) is 72.0 Å². The summed E-state index contributed by atoms with van der Waals surface area (Å²) in [5.74, 6) is 1.91. The van der Waals surface area contributed by atoms with E-state index in [0.29, 0.717) is 11.7 Å². The van der Waals surface area contributed by atoms with E-state index in [1.165, 1.54) is 0 Å². The van der Waals surface area contributed by atoms with Gasteiger partial charge in [0.1, 0.15) is 17.4 Å². The highest BCUT2D eigenvalue weighted by Gasteiger charge is 2.08. The van der Waals surface area contributed by atoms with Gasteiger partial charge in [-0.15, -0.1) is 24.8 Å². The SMILES string of the molecule is CC(C)N=C(N)c1ccc(-c2coc(-c3ccc(C(N)=NC(C)C)cc3)c2)cc1.Cl.Cl. The Bertz CT molecular complexity index is 938. The average Bonchev–Trinajstić information content (AvgIpc) is 3.17. The molecule has 7 heteroatoms. The molecule has 1 aromatic heterocycles. The molecule has 0 atom stereocenters. The molecule has 2 aromatic carbocycles. The molecule has 0 spiro atoms. The summed E-state index contributed by atoms with van der Waals surface area (Å²) in [6.45, 7) is 8.02. The highest BCUT2D eigenvalue weighted by molar-refractivity contribution is 5.98. The molecule has 0 unspecified atom stereocenters. The van der Waals surface area contributed by atoms with E-state index in [1.54, 1.807) is 6.26 Å². The van der Waals surface area contributed by atoms with Crippen LogP contribution in [0.1, 0.15) is 38.8 Å². The molecule has 0 saturated carbocycles. The number of rotatable bonds is 6. The van der Waals surface area contributed by atoms with Gasteiger partial charge in [0.15, 0.2) is 0 Å². The van der Waals surface area contributed by atoms with Crippen molar-refractivity contribution in [1.29, 1.82) is 0 Å². The fraction of sp³-hybridized carbons (Fsp3) is 0.250. The van der Waals surface area contributed by atoms with Crippen LogP contribution in [-0.4, -0.2) is 23.8 Å². The summed E-state index contributed by atoms with van der Waals surface area (Å²) in [6, 6.07) is 18.3. The van der Waals surface area contributed by atoms with Crippen molar-refractivity contribution in [2.45, 2.75) is 39.8 Å². The summed E-state index contributed by atoms with van der Waals surface area (Å²) in [5, 5.41) is 0. The molecule has 166 valence electrons. The van der Waals surface area contributed by atoms with Crippen LogP contribution in [0.25, 0.3) is 22.5 Å². The lowest BCUT2D eigenvalue weighted by Crippen LogP contribution is -2.15. The van der Waals surface area contributed by atoms with E-state index in [2.05, 4.69) is 9.98 Å². The first-order valence-electron chi connectivity index (χ1n) is 9.80. The maximum Gasteiger partial charge on any atom is 0.134 e. The number of furan rings is 1. The van der Waals surface area contributed by atoms with Crippen LogP contribution in [0.3, 0.4) is 0 Å². The second kappa shape index (κ2) is 11.6. The van der Waals surface area contributed by atoms with Crippen molar-refractivity contribution in [1.82, 2.24) is 0 Å². The van der Waals surface area contributed by atoms with E-state index < -0.39 is 0 Å². The minimum Gasteiger partial charge on any atom is -0.464 e. The number of nitrogens with zero attached hydrogens (tertiary/aromatic N) is 2. The molecular weight excluding hydrogens is 431 g/mol. The van der Waals surface area contributed by atoms with Crippen LogP contribution in [-0.2, 0) is 0 Å². The number of nitrogens with two attached hydrogens (primary N) is 2. The number of amidine groups is 2. The summed E-state index contributed by atoms with van der Waals surface area (Å²) in [4.78, 5) is 8.77. The molecule has 31 heavy (non-hydrogen) atoms. The van der Waals surface area contributed by atoms with E-state index in [1.807, 2.05) is 82.3 Å². The molecule has 0 amide bonds. The number of halogens is 2. The van der Waals surface area contributed by atoms with Gasteiger partial charge in [-0.3, -0.25) is 9.98 Å². The Labute approximate surface area is 196 Å². The van der Waals surface area contributed by atoms with Crippen molar-refractivity contribution in [3.63, 3.8) is 0 Å². The second-order valence-electron chi connectivity index (χ2n) is 7.57. The van der Waals surface area contributed by atoms with Crippen molar-refractivity contribution in [3.8, 4) is 22.5 Å². The van der Waals surface area contributed by atoms with Gasteiger partial charge in [-0.1, -0.05) is 48.5 Å². The fourth-order valence-electron chi connectivity index (χ4n) is 2.98. The zero-order valence-electron chi connectivity index (χ0n) is 18.2. The van der Waals surface area contributed by atoms with Crippen LogP contribution < -0.4 is 11.5 Å². The number of hydrogen-bond donors (Lipinski definition) is 2. The minimum atomic E-state index is 0. The minimum absolute atomic E-state index is 0. The van der Waals surface area contributed by atoms with E-state index >= 15 is 0 Å².